The Morgan fingerprint density at radius 2 is 2.23 bits per heavy atom. The molecule has 7 nitrogen and oxygen atoms in total. The van der Waals surface area contributed by atoms with E-state index in [1.807, 2.05) is 6.92 Å². The van der Waals surface area contributed by atoms with Gasteiger partial charge in [-0.25, -0.2) is 13.8 Å². The summed E-state index contributed by atoms with van der Waals surface area (Å²) in [4.78, 5) is 20.6. The third-order valence-corrected chi connectivity index (χ3v) is 5.89. The molecular formula is C21H17ClF2N6O. The summed E-state index contributed by atoms with van der Waals surface area (Å²) in [6, 6.07) is 0. The van der Waals surface area contributed by atoms with Crippen LogP contribution >= 0.6 is 11.6 Å². The number of hydrogen-bond acceptors (Lipinski definition) is 4. The Morgan fingerprint density at radius 1 is 1.45 bits per heavy atom. The van der Waals surface area contributed by atoms with Crippen molar-refractivity contribution in [2.75, 3.05) is 5.32 Å². The molecular weight excluding hydrogens is 426 g/mol. The standard InChI is InChI=1S/C21H17ClF2N6O/c1-3-9(2)16-19(24)18(22)17(11-5-26-29-20(11)16)13-7-30-8-14(27-15(30)6-25-13)28-21(31)10-4-12(10)23/h3,5-10,12H,1,4H2,2H3,(H,26,29)(H,28,31). The molecule has 5 rings (SSSR count). The highest BCUT2D eigenvalue weighted by atomic mass is 35.5. The number of hydrogen-bond donors (Lipinski definition) is 2. The molecule has 3 atom stereocenters. The van der Waals surface area contributed by atoms with Gasteiger partial charge in [0.25, 0.3) is 0 Å². The predicted molar refractivity (Wildman–Crippen MR) is 113 cm³/mol. The molecule has 1 aliphatic rings. The fraction of sp³-hybridized carbons (Fsp3) is 0.238. The Kier molecular flexibility index (Phi) is 4.51. The molecule has 1 fully saturated rings. The smallest absolute Gasteiger partial charge is 0.231 e. The van der Waals surface area contributed by atoms with E-state index in [0.717, 1.165) is 0 Å². The molecule has 158 valence electrons. The van der Waals surface area contributed by atoms with Gasteiger partial charge in [-0.15, -0.1) is 6.58 Å². The number of rotatable bonds is 5. The molecule has 0 saturated heterocycles. The molecule has 0 radical (unpaired) electrons. The number of H-pyrrole nitrogens is 1. The first-order chi connectivity index (χ1) is 14.9. The maximum atomic E-state index is 15.2. The highest BCUT2D eigenvalue weighted by Crippen LogP contribution is 2.41. The van der Waals surface area contributed by atoms with Gasteiger partial charge in [0.15, 0.2) is 11.5 Å². The fourth-order valence-electron chi connectivity index (χ4n) is 3.68. The molecule has 1 amide bonds. The van der Waals surface area contributed by atoms with Crippen LogP contribution in [0.1, 0.15) is 24.8 Å². The topological polar surface area (TPSA) is 88.0 Å². The van der Waals surface area contributed by atoms with Gasteiger partial charge >= 0.3 is 0 Å². The number of amides is 1. The van der Waals surface area contributed by atoms with E-state index in [1.54, 1.807) is 29.1 Å². The summed E-state index contributed by atoms with van der Waals surface area (Å²) in [5, 5.41) is 10.1. The van der Waals surface area contributed by atoms with Crippen LogP contribution in [-0.4, -0.2) is 36.6 Å². The summed E-state index contributed by atoms with van der Waals surface area (Å²) in [6.45, 7) is 5.56. The lowest BCUT2D eigenvalue weighted by atomic mass is 9.94. The van der Waals surface area contributed by atoms with Crippen LogP contribution in [0.5, 0.6) is 0 Å². The maximum absolute atomic E-state index is 15.2. The Hall–Kier alpha value is -3.33. The summed E-state index contributed by atoms with van der Waals surface area (Å²) in [5.74, 6) is -1.58. The normalized spacial score (nSPS) is 19.0. The van der Waals surface area contributed by atoms with Gasteiger partial charge in [0.05, 0.1) is 40.7 Å². The average molecular weight is 443 g/mol. The number of carbonyl (C=O) groups is 1. The third kappa shape index (κ3) is 3.16. The maximum Gasteiger partial charge on any atom is 0.231 e. The molecule has 0 bridgehead atoms. The number of fused-ring (bicyclic) bond motifs is 2. The zero-order valence-corrected chi connectivity index (χ0v) is 17.1. The largest absolute Gasteiger partial charge is 0.309 e. The van der Waals surface area contributed by atoms with E-state index in [0.29, 0.717) is 33.4 Å². The minimum atomic E-state index is -1.09. The molecule has 3 unspecified atom stereocenters. The number of halogens is 3. The summed E-state index contributed by atoms with van der Waals surface area (Å²) < 4.78 is 29.9. The SMILES string of the molecule is C=CC(C)c1c(F)c(Cl)c(-c2cn3cc(NC(=O)C4CC4F)nc3cn2)c2cn[nH]c12. The van der Waals surface area contributed by atoms with Crippen molar-refractivity contribution in [3.63, 3.8) is 0 Å². The first-order valence-electron chi connectivity index (χ1n) is 9.65. The van der Waals surface area contributed by atoms with Crippen LogP contribution in [0.4, 0.5) is 14.6 Å². The molecule has 4 aromatic rings. The number of imidazole rings is 1. The van der Waals surface area contributed by atoms with Crippen LogP contribution in [0.25, 0.3) is 27.8 Å². The molecule has 3 heterocycles. The van der Waals surface area contributed by atoms with Gasteiger partial charge in [-0.05, 0) is 6.42 Å². The lowest BCUT2D eigenvalue weighted by Crippen LogP contribution is -2.15. The highest BCUT2D eigenvalue weighted by molar-refractivity contribution is 6.35. The first-order valence-corrected chi connectivity index (χ1v) is 10.0. The average Bonchev–Trinajstić information content (AvgIpc) is 3.12. The molecule has 0 spiro atoms. The number of anilines is 1. The van der Waals surface area contributed by atoms with Crippen molar-refractivity contribution in [3.8, 4) is 11.3 Å². The number of allylic oxidation sites excluding steroid dienone is 1. The van der Waals surface area contributed by atoms with Gasteiger partial charge in [-0.2, -0.15) is 5.10 Å². The van der Waals surface area contributed by atoms with E-state index < -0.39 is 23.8 Å². The van der Waals surface area contributed by atoms with Crippen LogP contribution in [-0.2, 0) is 4.79 Å². The lowest BCUT2D eigenvalue weighted by Gasteiger charge is -2.14. The van der Waals surface area contributed by atoms with Crippen LogP contribution in [0.3, 0.4) is 0 Å². The Labute approximate surface area is 180 Å². The van der Waals surface area contributed by atoms with Gasteiger partial charge in [0.1, 0.15) is 12.0 Å². The van der Waals surface area contributed by atoms with E-state index in [4.69, 9.17) is 11.6 Å². The summed E-state index contributed by atoms with van der Waals surface area (Å²) in [6.07, 6.45) is 7.05. The highest BCUT2D eigenvalue weighted by Gasteiger charge is 2.43. The van der Waals surface area contributed by atoms with Crippen LogP contribution in [0, 0.1) is 11.7 Å². The van der Waals surface area contributed by atoms with Crippen molar-refractivity contribution in [2.45, 2.75) is 25.4 Å². The number of carbonyl (C=O) groups excluding carboxylic acids is 1. The number of nitrogens with zero attached hydrogens (tertiary/aromatic N) is 4. The third-order valence-electron chi connectivity index (χ3n) is 5.53. The predicted octanol–water partition coefficient (Wildman–Crippen LogP) is 4.65. The van der Waals surface area contributed by atoms with Crippen molar-refractivity contribution in [3.05, 3.63) is 53.8 Å². The van der Waals surface area contributed by atoms with E-state index in [-0.39, 0.29) is 23.2 Å². The summed E-state index contributed by atoms with van der Waals surface area (Å²) >= 11 is 6.44. The van der Waals surface area contributed by atoms with Gasteiger partial charge < -0.3 is 9.72 Å². The minimum absolute atomic E-state index is 0.0687. The Morgan fingerprint density at radius 3 is 2.94 bits per heavy atom. The van der Waals surface area contributed by atoms with Crippen molar-refractivity contribution in [1.82, 2.24) is 24.6 Å². The number of nitrogens with one attached hydrogen (secondary N) is 2. The monoisotopic (exact) mass is 442 g/mol. The fourth-order valence-corrected chi connectivity index (χ4v) is 3.98. The van der Waals surface area contributed by atoms with Crippen LogP contribution in [0.15, 0.2) is 37.4 Å². The van der Waals surface area contributed by atoms with Gasteiger partial charge in [0, 0.05) is 28.6 Å². The molecule has 1 saturated carbocycles. The van der Waals surface area contributed by atoms with Gasteiger partial charge in [-0.3, -0.25) is 14.9 Å². The van der Waals surface area contributed by atoms with E-state index >= 15 is 4.39 Å². The minimum Gasteiger partial charge on any atom is -0.309 e. The summed E-state index contributed by atoms with van der Waals surface area (Å²) in [7, 11) is 0. The molecule has 10 heteroatoms. The van der Waals surface area contributed by atoms with Crippen LogP contribution < -0.4 is 5.32 Å². The second-order valence-electron chi connectivity index (χ2n) is 7.61. The van der Waals surface area contributed by atoms with E-state index in [9.17, 15) is 9.18 Å². The molecule has 2 N–H and O–H groups in total. The molecule has 0 aliphatic heterocycles. The van der Waals surface area contributed by atoms with E-state index in [2.05, 4.69) is 32.1 Å². The van der Waals surface area contributed by atoms with Crippen LogP contribution in [0.2, 0.25) is 5.02 Å². The van der Waals surface area contributed by atoms with Crippen molar-refractivity contribution in [1.29, 1.82) is 0 Å². The van der Waals surface area contributed by atoms with Crippen molar-refractivity contribution >= 4 is 39.9 Å². The molecule has 31 heavy (non-hydrogen) atoms. The second-order valence-corrected chi connectivity index (χ2v) is 7.99. The van der Waals surface area contributed by atoms with E-state index in [1.165, 1.54) is 6.20 Å². The zero-order chi connectivity index (χ0) is 21.9. The number of aromatic amines is 1. The zero-order valence-electron chi connectivity index (χ0n) is 16.4. The molecule has 1 aromatic carbocycles. The number of aromatic nitrogens is 5. The van der Waals surface area contributed by atoms with Crippen molar-refractivity contribution < 1.29 is 13.6 Å². The number of benzene rings is 1. The molecule has 3 aromatic heterocycles. The number of alkyl halides is 1. The second kappa shape index (κ2) is 7.12. The Bertz CT molecular complexity index is 1360. The van der Waals surface area contributed by atoms with Crippen molar-refractivity contribution in [2.24, 2.45) is 5.92 Å². The lowest BCUT2D eigenvalue weighted by molar-refractivity contribution is -0.117. The molecule has 1 aliphatic carbocycles. The van der Waals surface area contributed by atoms with Gasteiger partial charge in [-0.1, -0.05) is 24.6 Å². The Balaban J connectivity index is 1.59. The van der Waals surface area contributed by atoms with Gasteiger partial charge in [0.2, 0.25) is 5.91 Å². The quantitative estimate of drug-likeness (QED) is 0.440. The summed E-state index contributed by atoms with van der Waals surface area (Å²) in [5.41, 5.74) is 2.17. The first kappa shape index (κ1) is 19.6.